The average molecular weight is 367 g/mol. The second-order valence-corrected chi connectivity index (χ2v) is 8.02. The van der Waals surface area contributed by atoms with Crippen molar-refractivity contribution in [3.63, 3.8) is 0 Å². The van der Waals surface area contributed by atoms with Crippen LogP contribution in [0.5, 0.6) is 0 Å². The van der Waals surface area contributed by atoms with Gasteiger partial charge in [0.05, 0.1) is 11.7 Å². The van der Waals surface area contributed by atoms with E-state index in [2.05, 4.69) is 9.82 Å². The van der Waals surface area contributed by atoms with E-state index in [1.807, 2.05) is 0 Å². The number of nitrogens with zero attached hydrogens (tertiary/aromatic N) is 4. The van der Waals surface area contributed by atoms with Crippen molar-refractivity contribution in [2.75, 3.05) is 4.72 Å². The first kappa shape index (κ1) is 17.5. The number of anilines is 1. The Morgan fingerprint density at radius 2 is 1.80 bits per heavy atom. The van der Waals surface area contributed by atoms with Gasteiger partial charge >= 0.3 is 5.69 Å². The largest absolute Gasteiger partial charge is 0.332 e. The van der Waals surface area contributed by atoms with Crippen molar-refractivity contribution in [1.82, 2.24) is 18.9 Å². The van der Waals surface area contributed by atoms with Crippen molar-refractivity contribution in [3.05, 3.63) is 38.8 Å². The summed E-state index contributed by atoms with van der Waals surface area (Å²) in [6.45, 7) is 1.63. The molecule has 1 aliphatic carbocycles. The lowest BCUT2D eigenvalue weighted by molar-refractivity contribution is 0.464. The second kappa shape index (κ2) is 6.17. The molecule has 0 unspecified atom stereocenters. The maximum atomic E-state index is 12.7. The minimum Gasteiger partial charge on any atom is -0.282 e. The molecule has 0 aliphatic heterocycles. The first-order valence-electron chi connectivity index (χ1n) is 8.06. The minimum absolute atomic E-state index is 0.0486. The maximum Gasteiger partial charge on any atom is 0.332 e. The Morgan fingerprint density at radius 3 is 2.44 bits per heavy atom. The summed E-state index contributed by atoms with van der Waals surface area (Å²) in [7, 11) is -1.23. The van der Waals surface area contributed by atoms with Crippen LogP contribution < -0.4 is 16.0 Å². The number of rotatable bonds is 4. The molecule has 3 rings (SSSR count). The molecule has 2 aromatic heterocycles. The van der Waals surface area contributed by atoms with Crippen molar-refractivity contribution in [2.24, 2.45) is 14.1 Å². The summed E-state index contributed by atoms with van der Waals surface area (Å²) in [6.07, 6.45) is 5.71. The predicted molar refractivity (Wildman–Crippen MR) is 92.2 cm³/mol. The van der Waals surface area contributed by atoms with E-state index in [9.17, 15) is 18.0 Å². The number of aromatic nitrogens is 4. The van der Waals surface area contributed by atoms with Crippen LogP contribution in [0, 0.1) is 6.92 Å². The van der Waals surface area contributed by atoms with E-state index in [4.69, 9.17) is 0 Å². The summed E-state index contributed by atoms with van der Waals surface area (Å²) in [5, 5.41) is 4.34. The van der Waals surface area contributed by atoms with Gasteiger partial charge in [-0.25, -0.2) is 13.2 Å². The van der Waals surface area contributed by atoms with Crippen molar-refractivity contribution < 1.29 is 8.42 Å². The normalized spacial score (nSPS) is 15.6. The molecule has 0 spiro atoms. The third-order valence-electron chi connectivity index (χ3n) is 4.62. The van der Waals surface area contributed by atoms with Gasteiger partial charge in [-0.15, -0.1) is 0 Å². The zero-order valence-corrected chi connectivity index (χ0v) is 15.2. The maximum absolute atomic E-state index is 12.7. The molecule has 0 bridgehead atoms. The molecule has 0 saturated heterocycles. The third kappa shape index (κ3) is 3.13. The van der Waals surface area contributed by atoms with Gasteiger partial charge in [0.1, 0.15) is 10.7 Å². The molecule has 0 atom stereocenters. The topological polar surface area (TPSA) is 108 Å². The fourth-order valence-electron chi connectivity index (χ4n) is 3.11. The van der Waals surface area contributed by atoms with Crippen molar-refractivity contribution in [3.8, 4) is 0 Å². The van der Waals surface area contributed by atoms with Gasteiger partial charge in [0.15, 0.2) is 0 Å². The molecule has 25 heavy (non-hydrogen) atoms. The summed E-state index contributed by atoms with van der Waals surface area (Å²) in [5.74, 6) is -0.0823. The van der Waals surface area contributed by atoms with Crippen LogP contribution in [0.15, 0.2) is 26.7 Å². The molecule has 1 N–H and O–H groups in total. The molecule has 2 heterocycles. The fraction of sp³-hybridized carbons (Fsp3) is 0.533. The smallest absolute Gasteiger partial charge is 0.282 e. The SMILES string of the molecule is Cc1nn(C2CCCC2)cc1S(=O)(=O)Nc1cc(=O)n(C)c(=O)n1C. The quantitative estimate of drug-likeness (QED) is 0.847. The van der Waals surface area contributed by atoms with Crippen molar-refractivity contribution in [1.29, 1.82) is 0 Å². The van der Waals surface area contributed by atoms with Gasteiger partial charge in [0, 0.05) is 26.4 Å². The molecule has 0 amide bonds. The Morgan fingerprint density at radius 1 is 1.16 bits per heavy atom. The highest BCUT2D eigenvalue weighted by atomic mass is 32.2. The Kier molecular flexibility index (Phi) is 4.31. The van der Waals surface area contributed by atoms with Crippen LogP contribution in [0.4, 0.5) is 5.82 Å². The van der Waals surface area contributed by atoms with Gasteiger partial charge < -0.3 is 0 Å². The van der Waals surface area contributed by atoms with Gasteiger partial charge in [-0.2, -0.15) is 5.10 Å². The monoisotopic (exact) mass is 367 g/mol. The van der Waals surface area contributed by atoms with Crippen LogP contribution >= 0.6 is 0 Å². The molecule has 0 radical (unpaired) electrons. The second-order valence-electron chi connectivity index (χ2n) is 6.37. The highest BCUT2D eigenvalue weighted by Crippen LogP contribution is 2.30. The van der Waals surface area contributed by atoms with E-state index in [1.54, 1.807) is 11.6 Å². The van der Waals surface area contributed by atoms with Crippen molar-refractivity contribution >= 4 is 15.8 Å². The van der Waals surface area contributed by atoms with E-state index < -0.39 is 21.3 Å². The molecule has 1 fully saturated rings. The fourth-order valence-corrected chi connectivity index (χ4v) is 4.37. The van der Waals surface area contributed by atoms with Gasteiger partial charge in [0.25, 0.3) is 15.6 Å². The Labute approximate surface area is 145 Å². The first-order valence-corrected chi connectivity index (χ1v) is 9.54. The van der Waals surface area contributed by atoms with Crippen LogP contribution in [0.25, 0.3) is 0 Å². The van der Waals surface area contributed by atoms with Crippen LogP contribution in [-0.2, 0) is 24.1 Å². The van der Waals surface area contributed by atoms with E-state index in [-0.39, 0.29) is 16.8 Å². The van der Waals surface area contributed by atoms with Crippen LogP contribution in [0.2, 0.25) is 0 Å². The summed E-state index contributed by atoms with van der Waals surface area (Å²) in [5.41, 5.74) is -0.809. The summed E-state index contributed by atoms with van der Waals surface area (Å²) < 4.78 is 31.5. The van der Waals surface area contributed by atoms with Crippen LogP contribution in [0.1, 0.15) is 37.4 Å². The standard InChI is InChI=1S/C15H21N5O4S/c1-10-12(9-20(16-10)11-6-4-5-7-11)25(23,24)17-13-8-14(21)19(3)15(22)18(13)2/h8-9,11,17H,4-7H2,1-3H3. The summed E-state index contributed by atoms with van der Waals surface area (Å²) in [6, 6.07) is 1.30. The Hall–Kier alpha value is -2.36. The number of hydrogen-bond donors (Lipinski definition) is 1. The number of nitrogens with one attached hydrogen (secondary N) is 1. The Balaban J connectivity index is 1.98. The predicted octanol–water partition coefficient (Wildman–Crippen LogP) is 0.505. The highest BCUT2D eigenvalue weighted by Gasteiger charge is 2.25. The summed E-state index contributed by atoms with van der Waals surface area (Å²) in [4.78, 5) is 23.8. The van der Waals surface area contributed by atoms with E-state index in [0.29, 0.717) is 5.69 Å². The molecular formula is C15H21N5O4S. The number of aryl methyl sites for hydroxylation is 1. The van der Waals surface area contributed by atoms with Crippen LogP contribution in [0.3, 0.4) is 0 Å². The van der Waals surface area contributed by atoms with Gasteiger partial charge in [-0.3, -0.25) is 23.3 Å². The minimum atomic E-state index is -3.96. The van der Waals surface area contributed by atoms with Crippen molar-refractivity contribution in [2.45, 2.75) is 43.5 Å². The van der Waals surface area contributed by atoms with E-state index in [0.717, 1.165) is 40.9 Å². The molecule has 1 saturated carbocycles. The van der Waals surface area contributed by atoms with E-state index in [1.165, 1.54) is 20.3 Å². The summed E-state index contributed by atoms with van der Waals surface area (Å²) >= 11 is 0. The molecule has 0 aromatic carbocycles. The van der Waals surface area contributed by atoms with E-state index >= 15 is 0 Å². The molecule has 9 nitrogen and oxygen atoms in total. The zero-order valence-electron chi connectivity index (χ0n) is 14.4. The van der Waals surface area contributed by atoms with Gasteiger partial charge in [-0.05, 0) is 19.8 Å². The third-order valence-corrected chi connectivity index (χ3v) is 6.08. The first-order chi connectivity index (χ1) is 11.7. The Bertz CT molecular complexity index is 1030. The van der Waals surface area contributed by atoms with Gasteiger partial charge in [0.2, 0.25) is 0 Å². The highest BCUT2D eigenvalue weighted by molar-refractivity contribution is 7.92. The molecule has 2 aromatic rings. The lowest BCUT2D eigenvalue weighted by atomic mass is 10.3. The average Bonchev–Trinajstić information content (AvgIpc) is 3.19. The van der Waals surface area contributed by atoms with Gasteiger partial charge in [-0.1, -0.05) is 12.8 Å². The molecule has 1 aliphatic rings. The lowest BCUT2D eigenvalue weighted by Crippen LogP contribution is -2.38. The van der Waals surface area contributed by atoms with Crippen LogP contribution in [-0.4, -0.2) is 27.3 Å². The number of hydrogen-bond acceptors (Lipinski definition) is 5. The zero-order chi connectivity index (χ0) is 18.4. The molecule has 10 heteroatoms. The lowest BCUT2D eigenvalue weighted by Gasteiger charge is -2.12. The molecular weight excluding hydrogens is 346 g/mol. The number of sulfonamides is 1. The molecule has 136 valence electrons.